The maximum atomic E-state index is 12.1. The van der Waals surface area contributed by atoms with Crippen LogP contribution in [0, 0.1) is 5.92 Å². The van der Waals surface area contributed by atoms with E-state index in [9.17, 15) is 9.59 Å². The van der Waals surface area contributed by atoms with Gasteiger partial charge in [0, 0.05) is 32.1 Å². The lowest BCUT2D eigenvalue weighted by molar-refractivity contribution is -0.131. The summed E-state index contributed by atoms with van der Waals surface area (Å²) in [5.74, 6) is 0.575. The molecule has 0 bridgehead atoms. The van der Waals surface area contributed by atoms with Gasteiger partial charge in [-0.05, 0) is 39.5 Å². The van der Waals surface area contributed by atoms with Crippen molar-refractivity contribution in [1.29, 1.82) is 0 Å². The van der Waals surface area contributed by atoms with E-state index in [0.717, 1.165) is 19.4 Å². The van der Waals surface area contributed by atoms with Gasteiger partial charge in [0.2, 0.25) is 5.91 Å². The van der Waals surface area contributed by atoms with Crippen LogP contribution in [0.15, 0.2) is 0 Å². The van der Waals surface area contributed by atoms with Gasteiger partial charge in [0.25, 0.3) is 0 Å². The number of nitrogens with zero attached hydrogens (tertiary/aromatic N) is 2. The van der Waals surface area contributed by atoms with Crippen molar-refractivity contribution in [2.75, 3.05) is 19.6 Å². The molecule has 2 aliphatic rings. The number of carbonyl (C=O) groups excluding carboxylic acids is 2. The summed E-state index contributed by atoms with van der Waals surface area (Å²) in [5, 5.41) is 0. The van der Waals surface area contributed by atoms with Crippen molar-refractivity contribution in [3.8, 4) is 0 Å². The van der Waals surface area contributed by atoms with Gasteiger partial charge in [-0.2, -0.15) is 0 Å². The third kappa shape index (κ3) is 3.44. The quantitative estimate of drug-likeness (QED) is 0.741. The third-order valence-corrected chi connectivity index (χ3v) is 4.02. The molecule has 0 radical (unpaired) electrons. The van der Waals surface area contributed by atoms with Crippen LogP contribution in [0.3, 0.4) is 0 Å². The van der Waals surface area contributed by atoms with E-state index in [1.54, 1.807) is 4.90 Å². The van der Waals surface area contributed by atoms with Crippen molar-refractivity contribution < 1.29 is 14.3 Å². The molecule has 2 saturated heterocycles. The highest BCUT2D eigenvalue weighted by Gasteiger charge is 2.37. The lowest BCUT2D eigenvalue weighted by Crippen LogP contribution is -2.52. The molecule has 2 amide bonds. The van der Waals surface area contributed by atoms with Gasteiger partial charge in [-0.25, -0.2) is 4.79 Å². The lowest BCUT2D eigenvalue weighted by atomic mass is 9.93. The molecule has 0 spiro atoms. The molecular formula is C15H26N2O3. The number of carbonyl (C=O) groups is 2. The van der Waals surface area contributed by atoms with Gasteiger partial charge in [0.1, 0.15) is 5.60 Å². The van der Waals surface area contributed by atoms with E-state index >= 15 is 0 Å². The molecule has 0 aromatic carbocycles. The molecule has 0 aliphatic carbocycles. The van der Waals surface area contributed by atoms with Crippen LogP contribution in [0.5, 0.6) is 0 Å². The SMILES string of the molecule is C[C@@H]1CN(C(=O)OC(C)(C)C)CC[C@H]1N1CCCC1=O. The Hall–Kier alpha value is -1.26. The van der Waals surface area contributed by atoms with Gasteiger partial charge in [0.05, 0.1) is 0 Å². The molecule has 5 heteroatoms. The van der Waals surface area contributed by atoms with Crippen molar-refractivity contribution in [1.82, 2.24) is 9.80 Å². The minimum atomic E-state index is -0.456. The highest BCUT2D eigenvalue weighted by molar-refractivity contribution is 5.78. The van der Waals surface area contributed by atoms with Crippen LogP contribution in [0.25, 0.3) is 0 Å². The zero-order chi connectivity index (χ0) is 14.9. The van der Waals surface area contributed by atoms with E-state index < -0.39 is 5.60 Å². The van der Waals surface area contributed by atoms with E-state index in [2.05, 4.69) is 6.92 Å². The van der Waals surface area contributed by atoms with Crippen molar-refractivity contribution in [2.45, 2.75) is 58.6 Å². The van der Waals surface area contributed by atoms with Crippen LogP contribution < -0.4 is 0 Å². The monoisotopic (exact) mass is 282 g/mol. The number of hydrogen-bond donors (Lipinski definition) is 0. The molecule has 5 nitrogen and oxygen atoms in total. The van der Waals surface area contributed by atoms with Gasteiger partial charge in [-0.1, -0.05) is 6.92 Å². The molecule has 0 saturated carbocycles. The van der Waals surface area contributed by atoms with Crippen LogP contribution >= 0.6 is 0 Å². The molecular weight excluding hydrogens is 256 g/mol. The summed E-state index contributed by atoms with van der Waals surface area (Å²) in [7, 11) is 0. The molecule has 2 atom stereocenters. The van der Waals surface area contributed by atoms with E-state index in [1.807, 2.05) is 25.7 Å². The first kappa shape index (κ1) is 15.1. The Morgan fingerprint density at radius 2 is 2.00 bits per heavy atom. The zero-order valence-corrected chi connectivity index (χ0v) is 13.0. The first-order valence-electron chi connectivity index (χ1n) is 7.55. The topological polar surface area (TPSA) is 49.9 Å². The average Bonchev–Trinajstić information content (AvgIpc) is 2.73. The summed E-state index contributed by atoms with van der Waals surface area (Å²) in [6.07, 6.45) is 2.26. The standard InChI is InChI=1S/C15H26N2O3/c1-11-10-16(14(19)20-15(2,3)4)9-7-12(11)17-8-5-6-13(17)18/h11-12H,5-10H2,1-4H3/t11-,12-/m1/s1. The van der Waals surface area contributed by atoms with Crippen molar-refractivity contribution in [2.24, 2.45) is 5.92 Å². The number of likely N-dealkylation sites (tertiary alicyclic amines) is 2. The summed E-state index contributed by atoms with van der Waals surface area (Å²) in [6, 6.07) is 0.281. The predicted octanol–water partition coefficient (Wildman–Crippen LogP) is 2.25. The second-order valence-corrected chi connectivity index (χ2v) is 6.95. The van der Waals surface area contributed by atoms with Gasteiger partial charge in [-0.3, -0.25) is 4.79 Å². The van der Waals surface area contributed by atoms with Crippen LogP contribution in [0.1, 0.15) is 47.0 Å². The Morgan fingerprint density at radius 3 is 2.50 bits per heavy atom. The van der Waals surface area contributed by atoms with Crippen LogP contribution in [-0.2, 0) is 9.53 Å². The van der Waals surface area contributed by atoms with Crippen molar-refractivity contribution in [3.05, 3.63) is 0 Å². The Kier molecular flexibility index (Phi) is 4.25. The first-order chi connectivity index (χ1) is 9.28. The molecule has 0 unspecified atom stereocenters. The van der Waals surface area contributed by atoms with Crippen molar-refractivity contribution in [3.63, 3.8) is 0 Å². The largest absolute Gasteiger partial charge is 0.444 e. The summed E-state index contributed by atoms with van der Waals surface area (Å²) >= 11 is 0. The maximum absolute atomic E-state index is 12.1. The zero-order valence-electron chi connectivity index (χ0n) is 13.0. The van der Waals surface area contributed by atoms with Gasteiger partial charge < -0.3 is 14.5 Å². The molecule has 114 valence electrons. The average molecular weight is 282 g/mol. The fraction of sp³-hybridized carbons (Fsp3) is 0.867. The maximum Gasteiger partial charge on any atom is 0.410 e. The van der Waals surface area contributed by atoms with Gasteiger partial charge in [-0.15, -0.1) is 0 Å². The number of amides is 2. The third-order valence-electron chi connectivity index (χ3n) is 4.02. The second kappa shape index (κ2) is 5.62. The number of ether oxygens (including phenoxy) is 1. The van der Waals surface area contributed by atoms with E-state index in [1.165, 1.54) is 0 Å². The van der Waals surface area contributed by atoms with E-state index in [-0.39, 0.29) is 18.0 Å². The highest BCUT2D eigenvalue weighted by atomic mass is 16.6. The first-order valence-corrected chi connectivity index (χ1v) is 7.55. The number of rotatable bonds is 1. The normalized spacial score (nSPS) is 27.9. The van der Waals surface area contributed by atoms with Crippen LogP contribution in [0.2, 0.25) is 0 Å². The minimum absolute atomic E-state index is 0.240. The molecule has 2 heterocycles. The molecule has 2 fully saturated rings. The summed E-state index contributed by atoms with van der Waals surface area (Å²) < 4.78 is 5.41. The predicted molar refractivity (Wildman–Crippen MR) is 76.3 cm³/mol. The Balaban J connectivity index is 1.92. The molecule has 20 heavy (non-hydrogen) atoms. The summed E-state index contributed by atoms with van der Waals surface area (Å²) in [5.41, 5.74) is -0.456. The molecule has 2 aliphatic heterocycles. The fourth-order valence-corrected chi connectivity index (χ4v) is 3.11. The Labute approximate surface area is 121 Å². The van der Waals surface area contributed by atoms with Crippen molar-refractivity contribution >= 4 is 12.0 Å². The van der Waals surface area contributed by atoms with E-state index in [4.69, 9.17) is 4.74 Å². The summed E-state index contributed by atoms with van der Waals surface area (Å²) in [6.45, 7) is 9.97. The smallest absolute Gasteiger partial charge is 0.410 e. The number of piperidine rings is 1. The van der Waals surface area contributed by atoms with E-state index in [0.29, 0.717) is 25.4 Å². The Bertz CT molecular complexity index is 389. The molecule has 0 aromatic rings. The van der Waals surface area contributed by atoms with Gasteiger partial charge >= 0.3 is 6.09 Å². The Morgan fingerprint density at radius 1 is 1.30 bits per heavy atom. The van der Waals surface area contributed by atoms with Crippen LogP contribution in [-0.4, -0.2) is 53.1 Å². The minimum Gasteiger partial charge on any atom is -0.444 e. The highest BCUT2D eigenvalue weighted by Crippen LogP contribution is 2.27. The second-order valence-electron chi connectivity index (χ2n) is 6.95. The molecule has 0 aromatic heterocycles. The molecule has 0 N–H and O–H groups in total. The fourth-order valence-electron chi connectivity index (χ4n) is 3.11. The molecule has 2 rings (SSSR count). The number of hydrogen-bond acceptors (Lipinski definition) is 3. The summed E-state index contributed by atoms with van der Waals surface area (Å²) in [4.78, 5) is 27.7. The van der Waals surface area contributed by atoms with Gasteiger partial charge in [0.15, 0.2) is 0 Å². The van der Waals surface area contributed by atoms with Crippen LogP contribution in [0.4, 0.5) is 4.79 Å². The lowest BCUT2D eigenvalue weighted by Gasteiger charge is -2.41.